The highest BCUT2D eigenvalue weighted by molar-refractivity contribution is 5.78. The van der Waals surface area contributed by atoms with Crippen LogP contribution in [0.2, 0.25) is 0 Å². The Morgan fingerprint density at radius 3 is 2.33 bits per heavy atom. The monoisotopic (exact) mass is 403 g/mol. The largest absolute Gasteiger partial charge is 0.497 e. The van der Waals surface area contributed by atoms with Crippen molar-refractivity contribution in [2.24, 2.45) is 0 Å². The average Bonchev–Trinajstić information content (AvgIpc) is 3.23. The van der Waals surface area contributed by atoms with Crippen LogP contribution in [0.3, 0.4) is 0 Å². The Morgan fingerprint density at radius 2 is 1.60 bits per heavy atom. The fraction of sp³-hybridized carbons (Fsp3) is 0.292. The van der Waals surface area contributed by atoms with Crippen LogP contribution in [0.15, 0.2) is 48.7 Å². The Balaban J connectivity index is 1.66. The Morgan fingerprint density at radius 1 is 0.833 bits per heavy atom. The van der Waals surface area contributed by atoms with Crippen molar-refractivity contribution in [1.82, 2.24) is 14.2 Å². The summed E-state index contributed by atoms with van der Waals surface area (Å²) < 4.78 is 20.6. The summed E-state index contributed by atoms with van der Waals surface area (Å²) in [6.07, 6.45) is 5.47. The highest BCUT2D eigenvalue weighted by Gasteiger charge is 2.23. The quantitative estimate of drug-likeness (QED) is 0.479. The second-order valence-corrected chi connectivity index (χ2v) is 7.52. The van der Waals surface area contributed by atoms with E-state index in [1.54, 1.807) is 21.3 Å². The third-order valence-electron chi connectivity index (χ3n) is 5.88. The molecule has 0 fully saturated rings. The van der Waals surface area contributed by atoms with Crippen molar-refractivity contribution >= 4 is 5.65 Å². The molecule has 30 heavy (non-hydrogen) atoms. The molecular weight excluding hydrogens is 378 g/mol. The lowest BCUT2D eigenvalue weighted by molar-refractivity contribution is 0.355. The van der Waals surface area contributed by atoms with E-state index in [1.807, 2.05) is 28.8 Å². The maximum atomic E-state index is 5.52. The maximum Gasteiger partial charge on any atom is 0.162 e. The number of ether oxygens (including phenoxy) is 3. The molecule has 0 atom stereocenters. The third-order valence-corrected chi connectivity index (χ3v) is 5.88. The first-order valence-electron chi connectivity index (χ1n) is 10.2. The second kappa shape index (κ2) is 7.44. The van der Waals surface area contributed by atoms with Gasteiger partial charge >= 0.3 is 0 Å². The maximum absolute atomic E-state index is 5.52. The van der Waals surface area contributed by atoms with Gasteiger partial charge in [-0.05, 0) is 61.2 Å². The topological polar surface area (TPSA) is 49.9 Å². The van der Waals surface area contributed by atoms with Crippen molar-refractivity contribution in [2.75, 3.05) is 21.3 Å². The zero-order valence-electron chi connectivity index (χ0n) is 17.5. The molecule has 6 nitrogen and oxygen atoms in total. The summed E-state index contributed by atoms with van der Waals surface area (Å²) in [5, 5.41) is 4.96. The van der Waals surface area contributed by atoms with Crippen LogP contribution in [0.5, 0.6) is 17.2 Å². The van der Waals surface area contributed by atoms with Crippen LogP contribution >= 0.6 is 0 Å². The van der Waals surface area contributed by atoms with Gasteiger partial charge in [0, 0.05) is 29.4 Å². The van der Waals surface area contributed by atoms with Gasteiger partial charge in [-0.15, -0.1) is 5.10 Å². The predicted octanol–water partition coefficient (Wildman–Crippen LogP) is 4.83. The number of nitrogens with zero attached hydrogens (tertiary/aromatic N) is 3. The average molecular weight is 403 g/mol. The lowest BCUT2D eigenvalue weighted by Gasteiger charge is -2.10. The number of benzene rings is 2. The Hall–Kier alpha value is -3.41. The van der Waals surface area contributed by atoms with E-state index in [9.17, 15) is 0 Å². The van der Waals surface area contributed by atoms with E-state index < -0.39 is 0 Å². The minimum atomic E-state index is 0.736. The summed E-state index contributed by atoms with van der Waals surface area (Å²) in [7, 11) is 5.01. The van der Waals surface area contributed by atoms with Crippen molar-refractivity contribution in [3.63, 3.8) is 0 Å². The van der Waals surface area contributed by atoms with Gasteiger partial charge in [-0.1, -0.05) is 6.07 Å². The third kappa shape index (κ3) is 2.91. The van der Waals surface area contributed by atoms with Crippen LogP contribution in [0.4, 0.5) is 0 Å². The predicted molar refractivity (Wildman–Crippen MR) is 117 cm³/mol. The molecule has 1 aliphatic rings. The van der Waals surface area contributed by atoms with Gasteiger partial charge in [0.2, 0.25) is 0 Å². The van der Waals surface area contributed by atoms with Gasteiger partial charge in [-0.2, -0.15) is 0 Å². The summed E-state index contributed by atoms with van der Waals surface area (Å²) in [6.45, 7) is 0.966. The molecule has 2 aromatic carbocycles. The molecule has 154 valence electrons. The molecule has 0 bridgehead atoms. The molecule has 0 amide bonds. The van der Waals surface area contributed by atoms with Gasteiger partial charge in [-0.25, -0.2) is 4.52 Å². The van der Waals surface area contributed by atoms with E-state index in [0.29, 0.717) is 0 Å². The van der Waals surface area contributed by atoms with Crippen LogP contribution in [0.1, 0.15) is 18.4 Å². The van der Waals surface area contributed by atoms with Gasteiger partial charge < -0.3 is 18.8 Å². The number of hydrogen-bond acceptors (Lipinski definition) is 4. The molecule has 0 spiro atoms. The lowest BCUT2D eigenvalue weighted by atomic mass is 10.0. The fourth-order valence-corrected chi connectivity index (χ4v) is 4.38. The van der Waals surface area contributed by atoms with E-state index in [1.165, 1.54) is 16.8 Å². The van der Waals surface area contributed by atoms with E-state index in [2.05, 4.69) is 29.0 Å². The molecule has 0 aliphatic carbocycles. The number of rotatable bonds is 5. The lowest BCUT2D eigenvalue weighted by Crippen LogP contribution is -1.99. The van der Waals surface area contributed by atoms with Crippen LogP contribution in [-0.2, 0) is 13.0 Å². The highest BCUT2D eigenvalue weighted by atomic mass is 16.5. The summed E-state index contributed by atoms with van der Waals surface area (Å²) in [5.74, 6) is 3.32. The SMILES string of the molecule is COc1ccc(-c2nn3cc(-c4ccc(OC)c(OC)c4)c4c3n2CCCC4)cc1. The van der Waals surface area contributed by atoms with E-state index >= 15 is 0 Å². The Labute approximate surface area is 175 Å². The van der Waals surface area contributed by atoms with Gasteiger partial charge in [-0.3, -0.25) is 0 Å². The molecule has 4 aromatic rings. The minimum Gasteiger partial charge on any atom is -0.497 e. The zero-order valence-corrected chi connectivity index (χ0v) is 17.5. The first kappa shape index (κ1) is 18.6. The molecule has 1 aliphatic heterocycles. The molecule has 0 radical (unpaired) electrons. The number of hydrogen-bond donors (Lipinski definition) is 0. The highest BCUT2D eigenvalue weighted by Crippen LogP contribution is 2.38. The molecule has 3 heterocycles. The van der Waals surface area contributed by atoms with Gasteiger partial charge in [0.1, 0.15) is 11.4 Å². The molecule has 6 heteroatoms. The van der Waals surface area contributed by atoms with E-state index in [-0.39, 0.29) is 0 Å². The van der Waals surface area contributed by atoms with Crippen molar-refractivity contribution in [2.45, 2.75) is 25.8 Å². The smallest absolute Gasteiger partial charge is 0.162 e. The van der Waals surface area contributed by atoms with Gasteiger partial charge in [0.15, 0.2) is 17.3 Å². The Kier molecular flexibility index (Phi) is 4.62. The zero-order chi connectivity index (χ0) is 20.7. The molecule has 0 unspecified atom stereocenters. The van der Waals surface area contributed by atoms with Gasteiger partial charge in [0.05, 0.1) is 21.3 Å². The summed E-state index contributed by atoms with van der Waals surface area (Å²) in [5.41, 5.74) is 5.94. The van der Waals surface area contributed by atoms with E-state index in [4.69, 9.17) is 19.3 Å². The first-order chi connectivity index (χ1) is 14.7. The normalized spacial score (nSPS) is 13.3. The molecule has 0 saturated carbocycles. The summed E-state index contributed by atoms with van der Waals surface area (Å²) in [4.78, 5) is 0. The van der Waals surface area contributed by atoms with Crippen LogP contribution in [-0.4, -0.2) is 35.5 Å². The van der Waals surface area contributed by atoms with Crippen molar-refractivity contribution < 1.29 is 14.2 Å². The standard InChI is InChI=1S/C24H25N3O3/c1-28-18-10-7-16(8-11-18)23-25-27-15-20(19-6-4-5-13-26(23)24(19)27)17-9-12-21(29-2)22(14-17)30-3/h7-12,14-15H,4-6,13H2,1-3H3. The minimum absolute atomic E-state index is 0.736. The second-order valence-electron chi connectivity index (χ2n) is 7.52. The number of aromatic nitrogens is 3. The fourth-order valence-electron chi connectivity index (χ4n) is 4.38. The van der Waals surface area contributed by atoms with Crippen LogP contribution in [0.25, 0.3) is 28.2 Å². The van der Waals surface area contributed by atoms with Crippen LogP contribution in [0, 0.1) is 0 Å². The van der Waals surface area contributed by atoms with E-state index in [0.717, 1.165) is 60.0 Å². The van der Waals surface area contributed by atoms with Gasteiger partial charge in [0.25, 0.3) is 0 Å². The molecular formula is C24H25N3O3. The molecule has 2 aromatic heterocycles. The first-order valence-corrected chi connectivity index (χ1v) is 10.2. The van der Waals surface area contributed by atoms with Crippen molar-refractivity contribution in [3.05, 3.63) is 54.2 Å². The van der Waals surface area contributed by atoms with Crippen molar-refractivity contribution in [1.29, 1.82) is 0 Å². The number of aryl methyl sites for hydroxylation is 2. The number of methoxy groups -OCH3 is 3. The van der Waals surface area contributed by atoms with Crippen LogP contribution < -0.4 is 14.2 Å². The van der Waals surface area contributed by atoms with Crippen molar-refractivity contribution in [3.8, 4) is 39.8 Å². The molecule has 0 N–H and O–H groups in total. The molecule has 0 saturated heterocycles. The summed E-state index contributed by atoms with van der Waals surface area (Å²) >= 11 is 0. The molecule has 5 rings (SSSR count). The Bertz CT molecular complexity index is 1200. The summed E-state index contributed by atoms with van der Waals surface area (Å²) in [6, 6.07) is 14.2.